The normalized spacial score (nSPS) is 12.3. The van der Waals surface area contributed by atoms with Gasteiger partial charge in [0.1, 0.15) is 19.8 Å². The van der Waals surface area contributed by atoms with Crippen LogP contribution in [0.1, 0.15) is 27.0 Å². The molecule has 2 N–H and O–H groups in total. The SMILES string of the molecule is COc1cc(CNCc2ccc(C(=O)O)cc2)cc(Br)c1OCc1ccc2c(c1)OCCO2. The molecule has 1 aliphatic heterocycles. The predicted molar refractivity (Wildman–Crippen MR) is 126 cm³/mol. The van der Waals surface area contributed by atoms with E-state index >= 15 is 0 Å². The molecule has 0 bridgehead atoms. The maximum Gasteiger partial charge on any atom is 0.335 e. The second-order valence-corrected chi connectivity index (χ2v) is 8.34. The van der Waals surface area contributed by atoms with Crippen LogP contribution in [0, 0.1) is 0 Å². The summed E-state index contributed by atoms with van der Waals surface area (Å²) in [5, 5.41) is 12.4. The summed E-state index contributed by atoms with van der Waals surface area (Å²) in [5.41, 5.74) is 3.27. The topological polar surface area (TPSA) is 86.3 Å². The number of ether oxygens (including phenoxy) is 4. The Labute approximate surface area is 200 Å². The van der Waals surface area contributed by atoms with Gasteiger partial charge in [0.2, 0.25) is 0 Å². The van der Waals surface area contributed by atoms with Gasteiger partial charge < -0.3 is 29.4 Å². The summed E-state index contributed by atoms with van der Waals surface area (Å²) in [6.45, 7) is 2.68. The lowest BCUT2D eigenvalue weighted by molar-refractivity contribution is 0.0697. The van der Waals surface area contributed by atoms with E-state index in [1.54, 1.807) is 19.2 Å². The molecule has 3 aromatic carbocycles. The van der Waals surface area contributed by atoms with E-state index < -0.39 is 5.97 Å². The number of fused-ring (bicyclic) bond motifs is 1. The number of hydrogen-bond acceptors (Lipinski definition) is 6. The lowest BCUT2D eigenvalue weighted by atomic mass is 10.1. The minimum Gasteiger partial charge on any atom is -0.493 e. The minimum absolute atomic E-state index is 0.277. The van der Waals surface area contributed by atoms with Gasteiger partial charge in [0, 0.05) is 13.1 Å². The van der Waals surface area contributed by atoms with Crippen LogP contribution in [0.15, 0.2) is 59.1 Å². The number of halogens is 1. The van der Waals surface area contributed by atoms with Crippen molar-refractivity contribution in [2.75, 3.05) is 20.3 Å². The van der Waals surface area contributed by atoms with Gasteiger partial charge >= 0.3 is 5.97 Å². The third kappa shape index (κ3) is 5.77. The van der Waals surface area contributed by atoms with Crippen LogP contribution >= 0.6 is 15.9 Å². The predicted octanol–water partition coefficient (Wildman–Crippen LogP) is 4.80. The van der Waals surface area contributed by atoms with Crippen LogP contribution in [0.25, 0.3) is 0 Å². The Morgan fingerprint density at radius 2 is 1.67 bits per heavy atom. The second-order valence-electron chi connectivity index (χ2n) is 7.48. The fraction of sp³-hybridized carbons (Fsp3) is 0.240. The van der Waals surface area contributed by atoms with E-state index in [0.29, 0.717) is 44.4 Å². The molecule has 3 aromatic rings. The molecule has 8 heteroatoms. The molecule has 7 nitrogen and oxygen atoms in total. The summed E-state index contributed by atoms with van der Waals surface area (Å²) in [6.07, 6.45) is 0. The van der Waals surface area contributed by atoms with Gasteiger partial charge in [-0.3, -0.25) is 0 Å². The molecule has 0 fully saturated rings. The molecule has 0 saturated heterocycles. The lowest BCUT2D eigenvalue weighted by Crippen LogP contribution is -2.15. The van der Waals surface area contributed by atoms with Crippen molar-refractivity contribution in [1.29, 1.82) is 0 Å². The van der Waals surface area contributed by atoms with E-state index in [2.05, 4.69) is 21.2 Å². The quantitative estimate of drug-likeness (QED) is 0.425. The summed E-state index contributed by atoms with van der Waals surface area (Å²) < 4.78 is 23.6. The largest absolute Gasteiger partial charge is 0.493 e. The molecule has 0 saturated carbocycles. The van der Waals surface area contributed by atoms with Crippen molar-refractivity contribution >= 4 is 21.9 Å². The van der Waals surface area contributed by atoms with Gasteiger partial charge in [0.25, 0.3) is 0 Å². The highest BCUT2D eigenvalue weighted by molar-refractivity contribution is 9.10. The Morgan fingerprint density at radius 3 is 2.39 bits per heavy atom. The molecule has 4 rings (SSSR count). The van der Waals surface area contributed by atoms with Crippen molar-refractivity contribution < 1.29 is 28.8 Å². The number of nitrogens with one attached hydrogen (secondary N) is 1. The van der Waals surface area contributed by atoms with Crippen LogP contribution in [-0.4, -0.2) is 31.4 Å². The Bertz CT molecular complexity index is 1130. The fourth-order valence-electron chi connectivity index (χ4n) is 3.46. The summed E-state index contributed by atoms with van der Waals surface area (Å²) in [5.74, 6) is 1.80. The number of methoxy groups -OCH3 is 1. The third-order valence-corrected chi connectivity index (χ3v) is 5.73. The molecule has 0 amide bonds. The zero-order valence-electron chi connectivity index (χ0n) is 18.1. The van der Waals surface area contributed by atoms with Crippen LogP contribution in [0.5, 0.6) is 23.0 Å². The Morgan fingerprint density at radius 1 is 0.970 bits per heavy atom. The Kier molecular flexibility index (Phi) is 7.36. The first-order valence-corrected chi connectivity index (χ1v) is 11.2. The van der Waals surface area contributed by atoms with Crippen molar-refractivity contribution in [1.82, 2.24) is 5.32 Å². The van der Waals surface area contributed by atoms with E-state index in [0.717, 1.165) is 32.7 Å². The number of hydrogen-bond donors (Lipinski definition) is 2. The molecular weight excluding hydrogens is 490 g/mol. The van der Waals surface area contributed by atoms with Crippen LogP contribution in [0.4, 0.5) is 0 Å². The van der Waals surface area contributed by atoms with E-state index in [1.807, 2.05) is 42.5 Å². The van der Waals surface area contributed by atoms with Crippen LogP contribution in [-0.2, 0) is 19.7 Å². The highest BCUT2D eigenvalue weighted by Gasteiger charge is 2.15. The smallest absolute Gasteiger partial charge is 0.335 e. The Hall–Kier alpha value is -3.23. The minimum atomic E-state index is -0.928. The van der Waals surface area contributed by atoms with E-state index in [4.69, 9.17) is 24.1 Å². The molecule has 0 aliphatic carbocycles. The number of rotatable bonds is 9. The molecule has 0 radical (unpaired) electrons. The summed E-state index contributed by atoms with van der Waals surface area (Å²) in [4.78, 5) is 11.0. The van der Waals surface area contributed by atoms with Gasteiger partial charge in [-0.1, -0.05) is 18.2 Å². The fourth-order valence-corrected chi connectivity index (χ4v) is 4.07. The highest BCUT2D eigenvalue weighted by atomic mass is 79.9. The van der Waals surface area contributed by atoms with Crippen molar-refractivity contribution in [3.05, 3.63) is 81.3 Å². The molecular formula is C25H24BrNO6. The van der Waals surface area contributed by atoms with Crippen LogP contribution < -0.4 is 24.3 Å². The van der Waals surface area contributed by atoms with Gasteiger partial charge in [-0.2, -0.15) is 0 Å². The van der Waals surface area contributed by atoms with E-state index in [1.165, 1.54) is 0 Å². The first-order valence-electron chi connectivity index (χ1n) is 10.4. The summed E-state index contributed by atoms with van der Waals surface area (Å²) >= 11 is 3.60. The summed E-state index contributed by atoms with van der Waals surface area (Å²) in [7, 11) is 1.61. The van der Waals surface area contributed by atoms with Gasteiger partial charge in [0.15, 0.2) is 23.0 Å². The molecule has 33 heavy (non-hydrogen) atoms. The number of aromatic carboxylic acids is 1. The third-order valence-electron chi connectivity index (χ3n) is 5.14. The van der Waals surface area contributed by atoms with Crippen molar-refractivity contribution in [3.8, 4) is 23.0 Å². The van der Waals surface area contributed by atoms with Crippen molar-refractivity contribution in [2.45, 2.75) is 19.7 Å². The van der Waals surface area contributed by atoms with Crippen LogP contribution in [0.3, 0.4) is 0 Å². The molecule has 1 heterocycles. The Balaban J connectivity index is 1.37. The molecule has 0 atom stereocenters. The maximum absolute atomic E-state index is 11.0. The average molecular weight is 514 g/mol. The molecule has 0 unspecified atom stereocenters. The van der Waals surface area contributed by atoms with Crippen LogP contribution in [0.2, 0.25) is 0 Å². The number of carboxylic acid groups (broad SMARTS) is 1. The summed E-state index contributed by atoms with van der Waals surface area (Å²) in [6, 6.07) is 16.5. The van der Waals surface area contributed by atoms with Gasteiger partial charge in [-0.05, 0) is 69.0 Å². The van der Waals surface area contributed by atoms with Gasteiger partial charge in [-0.15, -0.1) is 0 Å². The number of benzene rings is 3. The monoisotopic (exact) mass is 513 g/mol. The maximum atomic E-state index is 11.0. The number of carbonyl (C=O) groups is 1. The molecule has 0 aromatic heterocycles. The molecule has 172 valence electrons. The second kappa shape index (κ2) is 10.6. The van der Waals surface area contributed by atoms with E-state index in [9.17, 15) is 4.79 Å². The average Bonchev–Trinajstić information content (AvgIpc) is 2.83. The lowest BCUT2D eigenvalue weighted by Gasteiger charge is -2.19. The highest BCUT2D eigenvalue weighted by Crippen LogP contribution is 2.38. The van der Waals surface area contributed by atoms with E-state index in [-0.39, 0.29) is 5.56 Å². The zero-order valence-corrected chi connectivity index (χ0v) is 19.7. The van der Waals surface area contributed by atoms with Gasteiger partial charge in [-0.25, -0.2) is 4.79 Å². The van der Waals surface area contributed by atoms with Crippen molar-refractivity contribution in [2.24, 2.45) is 0 Å². The number of carboxylic acids is 1. The first-order chi connectivity index (χ1) is 16.0. The zero-order chi connectivity index (χ0) is 23.2. The van der Waals surface area contributed by atoms with Crippen molar-refractivity contribution in [3.63, 3.8) is 0 Å². The first kappa shape index (κ1) is 22.9. The van der Waals surface area contributed by atoms with Gasteiger partial charge in [0.05, 0.1) is 17.1 Å². The molecule has 1 aliphatic rings. The standard InChI is InChI=1S/C25H24BrNO6/c1-30-23-12-18(14-27-13-16-2-5-19(6-3-16)25(28)29)10-20(26)24(23)33-15-17-4-7-21-22(11-17)32-9-8-31-21/h2-7,10-12,27H,8-9,13-15H2,1H3,(H,28,29). The molecule has 0 spiro atoms.